The average Bonchev–Trinajstić information content (AvgIpc) is 2.45. The monoisotopic (exact) mass is 259 g/mol. The zero-order valence-corrected chi connectivity index (χ0v) is 11.4. The minimum atomic E-state index is 0.497. The molecule has 1 aromatic carbocycles. The zero-order chi connectivity index (χ0) is 13.1. The molecule has 1 fully saturated rings. The molecule has 2 atom stereocenters. The van der Waals surface area contributed by atoms with Crippen molar-refractivity contribution in [1.82, 2.24) is 5.32 Å². The second-order valence-corrected chi connectivity index (χ2v) is 5.37. The van der Waals surface area contributed by atoms with E-state index in [0.717, 1.165) is 11.5 Å². The summed E-state index contributed by atoms with van der Waals surface area (Å²) in [6.07, 6.45) is 8.26. The maximum Gasteiger partial charge on any atom is 0.161 e. The van der Waals surface area contributed by atoms with Gasteiger partial charge in [-0.15, -0.1) is 0 Å². The summed E-state index contributed by atoms with van der Waals surface area (Å²) in [5, 5.41) is 3.61. The normalized spacial score (nSPS) is 26.6. The molecule has 102 valence electrons. The molecule has 2 unspecified atom stereocenters. The molecule has 19 heavy (non-hydrogen) atoms. The Morgan fingerprint density at radius 3 is 2.84 bits per heavy atom. The van der Waals surface area contributed by atoms with Crippen molar-refractivity contribution in [1.29, 1.82) is 0 Å². The van der Waals surface area contributed by atoms with Crippen molar-refractivity contribution in [2.24, 2.45) is 0 Å². The number of benzene rings is 1. The van der Waals surface area contributed by atoms with Crippen LogP contribution < -0.4 is 14.8 Å². The van der Waals surface area contributed by atoms with E-state index >= 15 is 0 Å². The summed E-state index contributed by atoms with van der Waals surface area (Å²) >= 11 is 0. The van der Waals surface area contributed by atoms with Crippen LogP contribution in [0.2, 0.25) is 0 Å². The summed E-state index contributed by atoms with van der Waals surface area (Å²) in [5.74, 6) is 1.71. The number of rotatable bonds is 2. The maximum absolute atomic E-state index is 5.60. The molecule has 1 saturated heterocycles. The van der Waals surface area contributed by atoms with Gasteiger partial charge in [-0.25, -0.2) is 0 Å². The topological polar surface area (TPSA) is 30.5 Å². The third-order valence-corrected chi connectivity index (χ3v) is 3.74. The van der Waals surface area contributed by atoms with Crippen LogP contribution in [-0.2, 0) is 0 Å². The molecular weight excluding hydrogens is 238 g/mol. The molecule has 0 radical (unpaired) electrons. The summed E-state index contributed by atoms with van der Waals surface area (Å²) in [7, 11) is 0. The Kier molecular flexibility index (Phi) is 3.74. The first kappa shape index (κ1) is 12.5. The molecule has 2 aliphatic rings. The summed E-state index contributed by atoms with van der Waals surface area (Å²) in [4.78, 5) is 0. The highest BCUT2D eigenvalue weighted by Gasteiger charge is 2.15. The molecule has 2 heterocycles. The number of piperidine rings is 1. The van der Waals surface area contributed by atoms with E-state index < -0.39 is 0 Å². The number of nitrogens with one attached hydrogen (secondary N) is 1. The Hall–Kier alpha value is -1.48. The van der Waals surface area contributed by atoms with Gasteiger partial charge in [-0.1, -0.05) is 24.6 Å². The second kappa shape index (κ2) is 5.66. The molecular formula is C16H21NO2. The lowest BCUT2D eigenvalue weighted by Crippen LogP contribution is -2.39. The van der Waals surface area contributed by atoms with Gasteiger partial charge in [-0.2, -0.15) is 0 Å². The second-order valence-electron chi connectivity index (χ2n) is 5.37. The molecule has 3 heteroatoms. The minimum absolute atomic E-state index is 0.497. The van der Waals surface area contributed by atoms with Crippen molar-refractivity contribution in [2.45, 2.75) is 38.3 Å². The first-order valence-corrected chi connectivity index (χ1v) is 7.15. The number of ether oxygens (including phenoxy) is 2. The summed E-state index contributed by atoms with van der Waals surface area (Å²) in [6, 6.07) is 7.25. The smallest absolute Gasteiger partial charge is 0.161 e. The van der Waals surface area contributed by atoms with Crippen LogP contribution in [0.1, 0.15) is 31.7 Å². The molecule has 0 saturated carbocycles. The van der Waals surface area contributed by atoms with Crippen LogP contribution >= 0.6 is 0 Å². The van der Waals surface area contributed by atoms with Crippen molar-refractivity contribution in [3.8, 4) is 11.5 Å². The lowest BCUT2D eigenvalue weighted by atomic mass is 9.99. The predicted molar refractivity (Wildman–Crippen MR) is 76.7 cm³/mol. The van der Waals surface area contributed by atoms with Gasteiger partial charge in [0.05, 0.1) is 0 Å². The highest BCUT2D eigenvalue weighted by Crippen LogP contribution is 2.31. The molecule has 0 aromatic heterocycles. The quantitative estimate of drug-likeness (QED) is 0.885. The highest BCUT2D eigenvalue weighted by atomic mass is 16.6. The Bertz CT molecular complexity index is 470. The van der Waals surface area contributed by atoms with E-state index in [2.05, 4.69) is 36.5 Å². The molecule has 0 aliphatic carbocycles. The van der Waals surface area contributed by atoms with Gasteiger partial charge in [0, 0.05) is 12.1 Å². The average molecular weight is 259 g/mol. The summed E-state index contributed by atoms with van der Waals surface area (Å²) in [6.45, 7) is 3.54. The molecule has 2 aliphatic heterocycles. The molecule has 1 N–H and O–H groups in total. The summed E-state index contributed by atoms with van der Waals surface area (Å²) < 4.78 is 11.1. The fraction of sp³-hybridized carbons (Fsp3) is 0.500. The molecule has 3 rings (SSSR count). The Labute approximate surface area is 114 Å². The maximum atomic E-state index is 5.60. The van der Waals surface area contributed by atoms with Crippen LogP contribution in [0.3, 0.4) is 0 Å². The van der Waals surface area contributed by atoms with Crippen molar-refractivity contribution in [2.75, 3.05) is 13.2 Å². The van der Waals surface area contributed by atoms with Gasteiger partial charge in [0.25, 0.3) is 0 Å². The van der Waals surface area contributed by atoms with Crippen LogP contribution in [0.4, 0.5) is 0 Å². The van der Waals surface area contributed by atoms with Crippen molar-refractivity contribution in [3.05, 3.63) is 29.8 Å². The number of hydrogen-bond acceptors (Lipinski definition) is 3. The number of hydrogen-bond donors (Lipinski definition) is 1. The lowest BCUT2D eigenvalue weighted by molar-refractivity contribution is 0.171. The molecule has 0 amide bonds. The van der Waals surface area contributed by atoms with E-state index in [1.807, 2.05) is 6.07 Å². The fourth-order valence-electron chi connectivity index (χ4n) is 2.72. The Morgan fingerprint density at radius 2 is 2.00 bits per heavy atom. The van der Waals surface area contributed by atoms with Crippen LogP contribution in [0.25, 0.3) is 6.08 Å². The largest absolute Gasteiger partial charge is 0.486 e. The third kappa shape index (κ3) is 3.10. The predicted octanol–water partition coefficient (Wildman–Crippen LogP) is 3.00. The van der Waals surface area contributed by atoms with E-state index in [1.165, 1.54) is 24.8 Å². The fourth-order valence-corrected chi connectivity index (χ4v) is 2.72. The minimum Gasteiger partial charge on any atom is -0.486 e. The van der Waals surface area contributed by atoms with Gasteiger partial charge in [0.1, 0.15) is 13.2 Å². The SMILES string of the molecule is CC1CCCC(/C=C/c2ccc3c(c2)OCCO3)N1. The lowest BCUT2D eigenvalue weighted by Gasteiger charge is -2.26. The van der Waals surface area contributed by atoms with Gasteiger partial charge in [0.15, 0.2) is 11.5 Å². The Morgan fingerprint density at radius 1 is 1.16 bits per heavy atom. The highest BCUT2D eigenvalue weighted by molar-refractivity contribution is 5.56. The Balaban J connectivity index is 1.69. The van der Waals surface area contributed by atoms with Gasteiger partial charge in [-0.3, -0.25) is 0 Å². The standard InChI is InChI=1S/C16H21NO2/c1-12-3-2-4-14(17-12)7-5-13-6-8-15-16(11-13)19-10-9-18-15/h5-8,11-12,14,17H,2-4,9-10H2,1H3/b7-5+. The first-order chi connectivity index (χ1) is 9.31. The van der Waals surface area contributed by atoms with Gasteiger partial charge in [0.2, 0.25) is 0 Å². The zero-order valence-electron chi connectivity index (χ0n) is 11.4. The first-order valence-electron chi connectivity index (χ1n) is 7.15. The molecule has 3 nitrogen and oxygen atoms in total. The van der Waals surface area contributed by atoms with Crippen LogP contribution in [-0.4, -0.2) is 25.3 Å². The van der Waals surface area contributed by atoms with E-state index in [0.29, 0.717) is 25.3 Å². The van der Waals surface area contributed by atoms with Crippen molar-refractivity contribution in [3.63, 3.8) is 0 Å². The van der Waals surface area contributed by atoms with E-state index in [9.17, 15) is 0 Å². The van der Waals surface area contributed by atoms with Gasteiger partial charge < -0.3 is 14.8 Å². The third-order valence-electron chi connectivity index (χ3n) is 3.74. The molecule has 1 aromatic rings. The van der Waals surface area contributed by atoms with Crippen LogP contribution in [0, 0.1) is 0 Å². The van der Waals surface area contributed by atoms with Crippen LogP contribution in [0.15, 0.2) is 24.3 Å². The van der Waals surface area contributed by atoms with E-state index in [4.69, 9.17) is 9.47 Å². The van der Waals surface area contributed by atoms with Gasteiger partial charge >= 0.3 is 0 Å². The van der Waals surface area contributed by atoms with Crippen LogP contribution in [0.5, 0.6) is 11.5 Å². The number of fused-ring (bicyclic) bond motifs is 1. The van der Waals surface area contributed by atoms with E-state index in [-0.39, 0.29) is 0 Å². The molecule has 0 bridgehead atoms. The van der Waals surface area contributed by atoms with Crippen molar-refractivity contribution < 1.29 is 9.47 Å². The van der Waals surface area contributed by atoms with Crippen molar-refractivity contribution >= 4 is 6.08 Å². The van der Waals surface area contributed by atoms with E-state index in [1.54, 1.807) is 0 Å². The van der Waals surface area contributed by atoms with Gasteiger partial charge in [-0.05, 0) is 37.5 Å². The summed E-state index contributed by atoms with van der Waals surface area (Å²) in [5.41, 5.74) is 1.17. The molecule has 0 spiro atoms.